The number of nitrogens with one attached hydrogen (secondary N) is 1. The maximum absolute atomic E-state index is 12.1. The number of aromatic nitrogens is 1. The first-order valence-corrected chi connectivity index (χ1v) is 9.10. The number of halogens is 1. The van der Waals surface area contributed by atoms with Crippen molar-refractivity contribution in [1.82, 2.24) is 4.98 Å². The lowest BCUT2D eigenvalue weighted by Gasteiger charge is -2.09. The van der Waals surface area contributed by atoms with Crippen LogP contribution in [0.15, 0.2) is 42.6 Å². The van der Waals surface area contributed by atoms with Crippen LogP contribution in [0.1, 0.15) is 17.5 Å². The zero-order valence-corrected chi connectivity index (χ0v) is 16.1. The monoisotopic (exact) mass is 387 g/mol. The molecule has 1 N–H and O–H groups in total. The lowest BCUT2D eigenvalue weighted by Crippen LogP contribution is -2.09. The standard InChI is InChI=1S/C21H22ClNO4/c1-25-19-8-5-14(10-20(19)26-2)11-21(24)27-9-3-4-15-13-23-18-7-6-16(22)12-17(15)18/h5-8,10,12-13,23H,3-4,9,11H2,1-2H3. The van der Waals surface area contributed by atoms with E-state index < -0.39 is 0 Å². The summed E-state index contributed by atoms with van der Waals surface area (Å²) in [4.78, 5) is 15.3. The molecule has 0 amide bonds. The van der Waals surface area contributed by atoms with Crippen LogP contribution in [-0.2, 0) is 22.4 Å². The third kappa shape index (κ3) is 4.74. The summed E-state index contributed by atoms with van der Waals surface area (Å²) in [6.45, 7) is 0.374. The smallest absolute Gasteiger partial charge is 0.310 e. The molecule has 6 heteroatoms. The Morgan fingerprint density at radius 1 is 1.07 bits per heavy atom. The van der Waals surface area contributed by atoms with Gasteiger partial charge in [-0.05, 0) is 54.3 Å². The third-order valence-corrected chi connectivity index (χ3v) is 4.61. The van der Waals surface area contributed by atoms with Gasteiger partial charge in [-0.1, -0.05) is 17.7 Å². The molecule has 0 saturated heterocycles. The zero-order valence-electron chi connectivity index (χ0n) is 15.4. The Morgan fingerprint density at radius 3 is 2.67 bits per heavy atom. The summed E-state index contributed by atoms with van der Waals surface area (Å²) in [7, 11) is 3.14. The van der Waals surface area contributed by atoms with Gasteiger partial charge in [0, 0.05) is 22.1 Å². The van der Waals surface area contributed by atoms with Gasteiger partial charge in [-0.15, -0.1) is 0 Å². The van der Waals surface area contributed by atoms with E-state index in [4.69, 9.17) is 25.8 Å². The first-order valence-electron chi connectivity index (χ1n) is 8.72. The van der Waals surface area contributed by atoms with E-state index in [2.05, 4.69) is 4.98 Å². The van der Waals surface area contributed by atoms with Crippen molar-refractivity contribution in [2.24, 2.45) is 0 Å². The number of H-pyrrole nitrogens is 1. The Bertz CT molecular complexity index is 935. The van der Waals surface area contributed by atoms with Gasteiger partial charge in [-0.25, -0.2) is 0 Å². The van der Waals surface area contributed by atoms with Gasteiger partial charge >= 0.3 is 5.97 Å². The van der Waals surface area contributed by atoms with Crippen LogP contribution in [0.4, 0.5) is 0 Å². The van der Waals surface area contributed by atoms with Crippen molar-refractivity contribution in [3.05, 3.63) is 58.7 Å². The zero-order chi connectivity index (χ0) is 19.2. The van der Waals surface area contributed by atoms with E-state index in [0.717, 1.165) is 29.3 Å². The van der Waals surface area contributed by atoms with Crippen LogP contribution in [0.25, 0.3) is 10.9 Å². The van der Waals surface area contributed by atoms with Crippen molar-refractivity contribution in [2.45, 2.75) is 19.3 Å². The number of hydrogen-bond donors (Lipinski definition) is 1. The number of aromatic amines is 1. The van der Waals surface area contributed by atoms with E-state index in [1.54, 1.807) is 26.4 Å². The molecule has 2 aromatic carbocycles. The van der Waals surface area contributed by atoms with Gasteiger partial charge in [0.25, 0.3) is 0 Å². The number of aryl methyl sites for hydroxylation is 1. The molecular formula is C21H22ClNO4. The van der Waals surface area contributed by atoms with Crippen LogP contribution in [0.2, 0.25) is 5.02 Å². The number of carbonyl (C=O) groups is 1. The van der Waals surface area contributed by atoms with E-state index in [9.17, 15) is 4.79 Å². The van der Waals surface area contributed by atoms with E-state index in [0.29, 0.717) is 23.1 Å². The summed E-state index contributed by atoms with van der Waals surface area (Å²) in [6.07, 6.45) is 3.73. The Hall–Kier alpha value is -2.66. The van der Waals surface area contributed by atoms with Gasteiger partial charge < -0.3 is 19.2 Å². The fraction of sp³-hybridized carbons (Fsp3) is 0.286. The van der Waals surface area contributed by atoms with Gasteiger partial charge in [0.2, 0.25) is 0 Å². The number of methoxy groups -OCH3 is 2. The molecule has 0 radical (unpaired) electrons. The quantitative estimate of drug-likeness (QED) is 0.454. The van der Waals surface area contributed by atoms with Crippen molar-refractivity contribution in [3.63, 3.8) is 0 Å². The Balaban J connectivity index is 1.49. The SMILES string of the molecule is COc1ccc(CC(=O)OCCCc2c[nH]c3ccc(Cl)cc23)cc1OC. The molecule has 0 aliphatic rings. The molecule has 3 rings (SSSR count). The maximum atomic E-state index is 12.1. The molecule has 142 valence electrons. The minimum atomic E-state index is -0.260. The number of carbonyl (C=O) groups excluding carboxylic acids is 1. The summed E-state index contributed by atoms with van der Waals surface area (Å²) in [5, 5.41) is 1.82. The molecule has 0 unspecified atom stereocenters. The van der Waals surface area contributed by atoms with E-state index >= 15 is 0 Å². The molecule has 0 saturated carbocycles. The molecule has 0 aliphatic carbocycles. The van der Waals surface area contributed by atoms with Crippen LogP contribution >= 0.6 is 11.6 Å². The van der Waals surface area contributed by atoms with E-state index in [1.165, 1.54) is 5.56 Å². The largest absolute Gasteiger partial charge is 0.493 e. The van der Waals surface area contributed by atoms with Gasteiger partial charge in [0.05, 0.1) is 27.2 Å². The van der Waals surface area contributed by atoms with Crippen molar-refractivity contribution in [3.8, 4) is 11.5 Å². The summed E-state index contributed by atoms with van der Waals surface area (Å²) < 4.78 is 15.8. The van der Waals surface area contributed by atoms with Gasteiger partial charge in [-0.3, -0.25) is 4.79 Å². The van der Waals surface area contributed by atoms with Gasteiger partial charge in [-0.2, -0.15) is 0 Å². The number of esters is 1. The second kappa shape index (κ2) is 8.82. The Morgan fingerprint density at radius 2 is 1.89 bits per heavy atom. The lowest BCUT2D eigenvalue weighted by atomic mass is 10.1. The highest BCUT2D eigenvalue weighted by atomic mass is 35.5. The number of rotatable bonds is 8. The fourth-order valence-electron chi connectivity index (χ4n) is 3.01. The molecule has 0 atom stereocenters. The topological polar surface area (TPSA) is 60.5 Å². The molecule has 5 nitrogen and oxygen atoms in total. The van der Waals surface area contributed by atoms with Crippen LogP contribution in [0.3, 0.4) is 0 Å². The third-order valence-electron chi connectivity index (χ3n) is 4.38. The molecular weight excluding hydrogens is 366 g/mol. The lowest BCUT2D eigenvalue weighted by molar-refractivity contribution is -0.142. The van der Waals surface area contributed by atoms with Crippen LogP contribution in [0, 0.1) is 0 Å². The molecule has 1 heterocycles. The Labute approximate surface area is 163 Å². The van der Waals surface area contributed by atoms with Crippen LogP contribution < -0.4 is 9.47 Å². The first-order chi connectivity index (χ1) is 13.1. The van der Waals surface area contributed by atoms with Gasteiger partial charge in [0.15, 0.2) is 11.5 Å². The average molecular weight is 388 g/mol. The minimum Gasteiger partial charge on any atom is -0.493 e. The summed E-state index contributed by atoms with van der Waals surface area (Å²) in [5.74, 6) is 0.971. The van der Waals surface area contributed by atoms with Crippen LogP contribution in [0.5, 0.6) is 11.5 Å². The summed E-state index contributed by atoms with van der Waals surface area (Å²) in [6, 6.07) is 11.2. The predicted molar refractivity (Wildman–Crippen MR) is 106 cm³/mol. The van der Waals surface area contributed by atoms with E-state index in [1.807, 2.05) is 30.5 Å². The average Bonchev–Trinajstić information content (AvgIpc) is 3.07. The molecule has 27 heavy (non-hydrogen) atoms. The van der Waals surface area contributed by atoms with Crippen molar-refractivity contribution in [1.29, 1.82) is 0 Å². The van der Waals surface area contributed by atoms with Crippen molar-refractivity contribution in [2.75, 3.05) is 20.8 Å². The molecule has 0 aliphatic heterocycles. The second-order valence-electron chi connectivity index (χ2n) is 6.19. The van der Waals surface area contributed by atoms with Crippen LogP contribution in [-0.4, -0.2) is 31.8 Å². The fourth-order valence-corrected chi connectivity index (χ4v) is 3.19. The number of hydrogen-bond acceptors (Lipinski definition) is 4. The van der Waals surface area contributed by atoms with Gasteiger partial charge in [0.1, 0.15) is 0 Å². The highest BCUT2D eigenvalue weighted by Crippen LogP contribution is 2.28. The normalized spacial score (nSPS) is 10.8. The van der Waals surface area contributed by atoms with Crippen molar-refractivity contribution >= 4 is 28.5 Å². The molecule has 3 aromatic rings. The predicted octanol–water partition coefficient (Wildman–Crippen LogP) is 4.56. The Kier molecular flexibility index (Phi) is 6.24. The highest BCUT2D eigenvalue weighted by Gasteiger charge is 2.10. The molecule has 0 spiro atoms. The maximum Gasteiger partial charge on any atom is 0.310 e. The van der Waals surface area contributed by atoms with Crippen molar-refractivity contribution < 1.29 is 19.0 Å². The molecule has 0 bridgehead atoms. The molecule has 1 aromatic heterocycles. The highest BCUT2D eigenvalue weighted by molar-refractivity contribution is 6.31. The number of ether oxygens (including phenoxy) is 3. The first kappa shape index (κ1) is 19.1. The molecule has 0 fully saturated rings. The summed E-state index contributed by atoms with van der Waals surface area (Å²) in [5.41, 5.74) is 3.05. The second-order valence-corrected chi connectivity index (χ2v) is 6.63. The number of fused-ring (bicyclic) bond motifs is 1. The minimum absolute atomic E-state index is 0.197. The number of benzene rings is 2. The van der Waals surface area contributed by atoms with E-state index in [-0.39, 0.29) is 12.4 Å². The summed E-state index contributed by atoms with van der Waals surface area (Å²) >= 11 is 6.07.